The molecule has 2 aromatic carbocycles. The van der Waals surface area contributed by atoms with Crippen LogP contribution < -0.4 is 0 Å². The first-order valence-corrected chi connectivity index (χ1v) is 9.17. The van der Waals surface area contributed by atoms with Crippen molar-refractivity contribution < 1.29 is 9.47 Å². The molecule has 1 radical (unpaired) electrons. The van der Waals surface area contributed by atoms with E-state index in [0.717, 1.165) is 25.9 Å². The van der Waals surface area contributed by atoms with Crippen LogP contribution in [-0.2, 0) is 22.4 Å². The lowest BCUT2D eigenvalue weighted by molar-refractivity contribution is -0.120. The van der Waals surface area contributed by atoms with Gasteiger partial charge in [0.25, 0.3) is 0 Å². The molecule has 2 unspecified atom stereocenters. The standard InChI is InChI=1S/C22H28NO2/c1-2-13-23(17-20-11-7-4-8-12-20)21(22-18-24-14-15-25-22)16-19-9-5-3-6-10-19/h3-12,21-22H,1-2,13-18H2. The van der Waals surface area contributed by atoms with Crippen LogP contribution in [0.5, 0.6) is 0 Å². The molecule has 2 atom stereocenters. The van der Waals surface area contributed by atoms with E-state index in [0.29, 0.717) is 19.8 Å². The van der Waals surface area contributed by atoms with Gasteiger partial charge in [0.15, 0.2) is 0 Å². The van der Waals surface area contributed by atoms with Gasteiger partial charge in [-0.05, 0) is 30.5 Å². The second kappa shape index (κ2) is 9.71. The highest BCUT2D eigenvalue weighted by Crippen LogP contribution is 2.20. The van der Waals surface area contributed by atoms with E-state index in [4.69, 9.17) is 9.47 Å². The third-order valence-corrected chi connectivity index (χ3v) is 4.70. The van der Waals surface area contributed by atoms with Crippen molar-refractivity contribution in [3.8, 4) is 0 Å². The molecule has 0 aromatic heterocycles. The van der Waals surface area contributed by atoms with Crippen molar-refractivity contribution in [1.29, 1.82) is 0 Å². The first-order valence-electron chi connectivity index (χ1n) is 9.17. The first kappa shape index (κ1) is 18.1. The fourth-order valence-corrected chi connectivity index (χ4v) is 3.46. The van der Waals surface area contributed by atoms with Gasteiger partial charge in [0.2, 0.25) is 0 Å². The quantitative estimate of drug-likeness (QED) is 0.732. The van der Waals surface area contributed by atoms with Gasteiger partial charge in [-0.25, -0.2) is 0 Å². The highest BCUT2D eigenvalue weighted by Gasteiger charge is 2.30. The SMILES string of the molecule is [CH2]CCN(Cc1ccccc1)C(Cc1ccccc1)C1COCCO1. The Morgan fingerprint density at radius 2 is 1.64 bits per heavy atom. The predicted molar refractivity (Wildman–Crippen MR) is 101 cm³/mol. The molecule has 1 aliphatic rings. The lowest BCUT2D eigenvalue weighted by Crippen LogP contribution is -2.50. The van der Waals surface area contributed by atoms with Crippen LogP contribution >= 0.6 is 0 Å². The zero-order chi connectivity index (χ0) is 17.3. The van der Waals surface area contributed by atoms with Gasteiger partial charge in [-0.3, -0.25) is 4.90 Å². The summed E-state index contributed by atoms with van der Waals surface area (Å²) < 4.78 is 11.8. The second-order valence-corrected chi connectivity index (χ2v) is 6.55. The van der Waals surface area contributed by atoms with E-state index < -0.39 is 0 Å². The maximum absolute atomic E-state index is 6.09. The van der Waals surface area contributed by atoms with Crippen LogP contribution in [0.2, 0.25) is 0 Å². The molecule has 0 amide bonds. The summed E-state index contributed by atoms with van der Waals surface area (Å²) in [6, 6.07) is 21.6. The minimum atomic E-state index is 0.101. The largest absolute Gasteiger partial charge is 0.376 e. The number of benzene rings is 2. The monoisotopic (exact) mass is 338 g/mol. The van der Waals surface area contributed by atoms with E-state index in [-0.39, 0.29) is 12.1 Å². The van der Waals surface area contributed by atoms with Gasteiger partial charge < -0.3 is 9.47 Å². The molecule has 133 valence electrons. The van der Waals surface area contributed by atoms with E-state index >= 15 is 0 Å². The molecule has 0 aliphatic carbocycles. The fraction of sp³-hybridized carbons (Fsp3) is 0.409. The van der Waals surface area contributed by atoms with E-state index in [1.807, 2.05) is 0 Å². The molecule has 0 saturated carbocycles. The summed E-state index contributed by atoms with van der Waals surface area (Å²) in [6.45, 7) is 7.99. The number of ether oxygens (including phenoxy) is 2. The van der Waals surface area contributed by atoms with Crippen LogP contribution in [0.3, 0.4) is 0 Å². The molecule has 1 saturated heterocycles. The molecule has 3 rings (SSSR count). The number of hydrogen-bond donors (Lipinski definition) is 0. The topological polar surface area (TPSA) is 21.7 Å². The van der Waals surface area contributed by atoms with Crippen molar-refractivity contribution >= 4 is 0 Å². The summed E-state index contributed by atoms with van der Waals surface area (Å²) in [5.41, 5.74) is 2.66. The van der Waals surface area contributed by atoms with Gasteiger partial charge in [-0.2, -0.15) is 0 Å². The van der Waals surface area contributed by atoms with Crippen molar-refractivity contribution in [2.45, 2.75) is 31.5 Å². The molecule has 3 heteroatoms. The van der Waals surface area contributed by atoms with Gasteiger partial charge in [0, 0.05) is 12.6 Å². The summed E-state index contributed by atoms with van der Waals surface area (Å²) in [4.78, 5) is 2.51. The van der Waals surface area contributed by atoms with Crippen LogP contribution in [-0.4, -0.2) is 43.4 Å². The smallest absolute Gasteiger partial charge is 0.0967 e. The maximum Gasteiger partial charge on any atom is 0.0967 e. The molecular weight excluding hydrogens is 310 g/mol. The van der Waals surface area contributed by atoms with Gasteiger partial charge in [0.1, 0.15) is 0 Å². The highest BCUT2D eigenvalue weighted by atomic mass is 16.6. The summed E-state index contributed by atoms with van der Waals surface area (Å²) in [5.74, 6) is 0. The third-order valence-electron chi connectivity index (χ3n) is 4.70. The van der Waals surface area contributed by atoms with Crippen molar-refractivity contribution in [2.75, 3.05) is 26.4 Å². The molecule has 0 bridgehead atoms. The number of rotatable bonds is 8. The van der Waals surface area contributed by atoms with Crippen LogP contribution in [0.1, 0.15) is 17.5 Å². The van der Waals surface area contributed by atoms with Crippen molar-refractivity contribution in [3.63, 3.8) is 0 Å². The second-order valence-electron chi connectivity index (χ2n) is 6.55. The molecule has 1 fully saturated rings. The number of nitrogens with zero attached hydrogens (tertiary/aromatic N) is 1. The minimum Gasteiger partial charge on any atom is -0.376 e. The van der Waals surface area contributed by atoms with Crippen molar-refractivity contribution in [1.82, 2.24) is 4.90 Å². The zero-order valence-electron chi connectivity index (χ0n) is 14.8. The Labute approximate surface area is 151 Å². The number of hydrogen-bond acceptors (Lipinski definition) is 3. The molecule has 1 heterocycles. The van der Waals surface area contributed by atoms with Crippen molar-refractivity contribution in [2.24, 2.45) is 0 Å². The van der Waals surface area contributed by atoms with Gasteiger partial charge in [0.05, 0.1) is 25.9 Å². The van der Waals surface area contributed by atoms with E-state index in [1.54, 1.807) is 0 Å². The van der Waals surface area contributed by atoms with E-state index in [1.165, 1.54) is 11.1 Å². The van der Waals surface area contributed by atoms with Crippen LogP contribution in [0.25, 0.3) is 0 Å². The summed E-state index contributed by atoms with van der Waals surface area (Å²) in [6.07, 6.45) is 1.94. The zero-order valence-corrected chi connectivity index (χ0v) is 14.8. The fourth-order valence-electron chi connectivity index (χ4n) is 3.46. The van der Waals surface area contributed by atoms with Crippen LogP contribution in [0.4, 0.5) is 0 Å². The third kappa shape index (κ3) is 5.40. The van der Waals surface area contributed by atoms with Gasteiger partial charge in [-0.1, -0.05) is 67.6 Å². The Balaban J connectivity index is 1.80. The first-order chi connectivity index (χ1) is 12.4. The summed E-state index contributed by atoms with van der Waals surface area (Å²) in [5, 5.41) is 0. The molecule has 0 N–H and O–H groups in total. The molecule has 3 nitrogen and oxygen atoms in total. The van der Waals surface area contributed by atoms with E-state index in [2.05, 4.69) is 72.5 Å². The summed E-state index contributed by atoms with van der Waals surface area (Å²) >= 11 is 0. The lowest BCUT2D eigenvalue weighted by Gasteiger charge is -2.38. The molecular formula is C22H28NO2. The average Bonchev–Trinajstić information content (AvgIpc) is 2.68. The molecule has 2 aromatic rings. The Bertz CT molecular complexity index is 596. The highest BCUT2D eigenvalue weighted by molar-refractivity contribution is 5.18. The lowest BCUT2D eigenvalue weighted by atomic mass is 9.98. The predicted octanol–water partition coefficient (Wildman–Crippen LogP) is 3.74. The van der Waals surface area contributed by atoms with Gasteiger partial charge >= 0.3 is 0 Å². The minimum absolute atomic E-state index is 0.101. The van der Waals surface area contributed by atoms with Crippen LogP contribution in [0, 0.1) is 6.92 Å². The average molecular weight is 338 g/mol. The maximum atomic E-state index is 6.09. The summed E-state index contributed by atoms with van der Waals surface area (Å²) in [7, 11) is 0. The molecule has 0 spiro atoms. The van der Waals surface area contributed by atoms with Gasteiger partial charge in [-0.15, -0.1) is 0 Å². The van der Waals surface area contributed by atoms with E-state index in [9.17, 15) is 0 Å². The Morgan fingerprint density at radius 1 is 0.960 bits per heavy atom. The Kier molecular flexibility index (Phi) is 7.04. The molecule has 25 heavy (non-hydrogen) atoms. The Hall–Kier alpha value is -1.68. The normalized spacial score (nSPS) is 19.0. The van der Waals surface area contributed by atoms with Crippen LogP contribution in [0.15, 0.2) is 60.7 Å². The Morgan fingerprint density at radius 3 is 2.24 bits per heavy atom. The van der Waals surface area contributed by atoms with Crippen molar-refractivity contribution in [3.05, 3.63) is 78.7 Å². The molecule has 1 aliphatic heterocycles.